The molecule has 1 aromatic carbocycles. The van der Waals surface area contributed by atoms with Gasteiger partial charge in [-0.15, -0.1) is 0 Å². The van der Waals surface area contributed by atoms with Crippen LogP contribution in [-0.4, -0.2) is 19.5 Å². The van der Waals surface area contributed by atoms with Gasteiger partial charge in [0, 0.05) is 5.41 Å². The minimum Gasteiger partial charge on any atom is -0.481 e. The molecule has 0 atom stereocenters. The van der Waals surface area contributed by atoms with Gasteiger partial charge in [-0.05, 0) is 29.3 Å². The largest absolute Gasteiger partial charge is 0.481 e. The zero-order chi connectivity index (χ0) is 12.6. The van der Waals surface area contributed by atoms with Crippen LogP contribution in [0.25, 0.3) is 5.57 Å². The van der Waals surface area contributed by atoms with Gasteiger partial charge in [0.1, 0.15) is 0 Å². The summed E-state index contributed by atoms with van der Waals surface area (Å²) in [6.07, 6.45) is -0.374. The summed E-state index contributed by atoms with van der Waals surface area (Å²) in [5.41, 5.74) is 0.827. The number of carbonyl (C=O) groups is 1. The van der Waals surface area contributed by atoms with E-state index in [-0.39, 0.29) is 16.9 Å². The molecular weight excluding hydrogens is 242 g/mol. The fraction of sp³-hybridized carbons (Fsp3) is 0.0909. The number of nitriles is 1. The molecule has 86 valence electrons. The lowest BCUT2D eigenvalue weighted by Gasteiger charge is -2.02. The quantitative estimate of drug-likeness (QED) is 0.848. The average molecular weight is 249 g/mol. The van der Waals surface area contributed by atoms with E-state index >= 15 is 0 Å². The average Bonchev–Trinajstić information content (AvgIpc) is 2.49. The van der Waals surface area contributed by atoms with Crippen molar-refractivity contribution in [1.82, 2.24) is 0 Å². The molecule has 0 aromatic heterocycles. The van der Waals surface area contributed by atoms with Crippen molar-refractivity contribution in [1.29, 1.82) is 5.26 Å². The summed E-state index contributed by atoms with van der Waals surface area (Å²) >= 11 is 0. The van der Waals surface area contributed by atoms with Crippen molar-refractivity contribution in [2.75, 3.05) is 0 Å². The van der Waals surface area contributed by atoms with Crippen molar-refractivity contribution < 1.29 is 18.3 Å². The molecule has 17 heavy (non-hydrogen) atoms. The van der Waals surface area contributed by atoms with Crippen molar-refractivity contribution in [3.05, 3.63) is 34.7 Å². The first kappa shape index (κ1) is 11.4. The van der Waals surface area contributed by atoms with Crippen molar-refractivity contribution in [2.24, 2.45) is 0 Å². The molecular formula is C11H7NO4S. The second kappa shape index (κ2) is 3.71. The van der Waals surface area contributed by atoms with E-state index in [4.69, 9.17) is 10.4 Å². The third kappa shape index (κ3) is 1.92. The first-order valence-corrected chi connectivity index (χ1v) is 6.20. The highest BCUT2D eigenvalue weighted by Crippen LogP contribution is 2.35. The van der Waals surface area contributed by atoms with Crippen LogP contribution in [0.4, 0.5) is 0 Å². The summed E-state index contributed by atoms with van der Waals surface area (Å²) in [7, 11) is -3.56. The fourth-order valence-electron chi connectivity index (χ4n) is 1.71. The van der Waals surface area contributed by atoms with Gasteiger partial charge in [-0.2, -0.15) is 5.26 Å². The smallest absolute Gasteiger partial charge is 0.307 e. The van der Waals surface area contributed by atoms with Gasteiger partial charge in [0.15, 0.2) is 0 Å². The molecule has 1 N–H and O–H groups in total. The second-order valence-corrected chi connectivity index (χ2v) is 5.35. The van der Waals surface area contributed by atoms with E-state index in [0.29, 0.717) is 11.1 Å². The number of aliphatic carboxylic acids is 1. The highest BCUT2D eigenvalue weighted by Gasteiger charge is 2.28. The van der Waals surface area contributed by atoms with E-state index in [1.54, 1.807) is 0 Å². The molecule has 0 saturated carbocycles. The summed E-state index contributed by atoms with van der Waals surface area (Å²) in [5, 5.41) is 18.4. The topological polar surface area (TPSA) is 95.2 Å². The van der Waals surface area contributed by atoms with E-state index in [0.717, 1.165) is 5.41 Å². The number of rotatable bonds is 2. The number of hydrogen-bond acceptors (Lipinski definition) is 4. The van der Waals surface area contributed by atoms with Crippen molar-refractivity contribution in [3.8, 4) is 6.07 Å². The van der Waals surface area contributed by atoms with Gasteiger partial charge >= 0.3 is 5.97 Å². The number of carboxylic acid groups (broad SMARTS) is 1. The maximum atomic E-state index is 11.7. The first-order valence-electron chi connectivity index (χ1n) is 4.66. The Morgan fingerprint density at radius 1 is 1.41 bits per heavy atom. The van der Waals surface area contributed by atoms with Gasteiger partial charge in [-0.3, -0.25) is 4.79 Å². The third-order valence-corrected chi connectivity index (χ3v) is 3.96. The predicted octanol–water partition coefficient (Wildman–Crippen LogP) is 1.16. The molecule has 0 fully saturated rings. The molecule has 1 aliphatic rings. The normalized spacial score (nSPS) is 15.8. The lowest BCUT2D eigenvalue weighted by atomic mass is 10.0. The van der Waals surface area contributed by atoms with Crippen LogP contribution in [0.5, 0.6) is 0 Å². The zero-order valence-electron chi connectivity index (χ0n) is 8.54. The molecule has 0 amide bonds. The van der Waals surface area contributed by atoms with Crippen LogP contribution in [0.15, 0.2) is 28.5 Å². The number of sulfone groups is 1. The van der Waals surface area contributed by atoms with Crippen LogP contribution < -0.4 is 0 Å². The third-order valence-electron chi connectivity index (χ3n) is 2.40. The zero-order valence-corrected chi connectivity index (χ0v) is 9.36. The highest BCUT2D eigenvalue weighted by atomic mass is 32.2. The van der Waals surface area contributed by atoms with E-state index < -0.39 is 15.8 Å². The maximum absolute atomic E-state index is 11.7. The molecule has 1 aliphatic heterocycles. The van der Waals surface area contributed by atoms with Gasteiger partial charge in [-0.25, -0.2) is 8.42 Å². The Morgan fingerprint density at radius 2 is 2.12 bits per heavy atom. The second-order valence-electron chi connectivity index (χ2n) is 3.58. The number of nitrogens with zero attached hydrogens (tertiary/aromatic N) is 1. The Bertz CT molecular complexity index is 680. The summed E-state index contributed by atoms with van der Waals surface area (Å²) in [4.78, 5) is 10.7. The monoisotopic (exact) mass is 249 g/mol. The first-order chi connectivity index (χ1) is 7.94. The summed E-state index contributed by atoms with van der Waals surface area (Å²) in [6.45, 7) is 0. The predicted molar refractivity (Wildman–Crippen MR) is 58.6 cm³/mol. The molecule has 1 aromatic rings. The molecule has 0 aliphatic carbocycles. The number of fused-ring (bicyclic) bond motifs is 1. The van der Waals surface area contributed by atoms with Crippen LogP contribution in [0.1, 0.15) is 17.5 Å². The SMILES string of the molecule is N#Cc1ccc2c(c1)C(CC(=O)O)=CS2(=O)=O. The van der Waals surface area contributed by atoms with Crippen molar-refractivity contribution >= 4 is 21.4 Å². The van der Waals surface area contributed by atoms with Crippen LogP contribution in [0.2, 0.25) is 0 Å². The fourth-order valence-corrected chi connectivity index (χ4v) is 3.18. The number of benzene rings is 1. The number of hydrogen-bond donors (Lipinski definition) is 1. The van der Waals surface area contributed by atoms with Crippen molar-refractivity contribution in [3.63, 3.8) is 0 Å². The Kier molecular flexibility index (Phi) is 2.48. The van der Waals surface area contributed by atoms with E-state index in [9.17, 15) is 13.2 Å². The molecule has 5 nitrogen and oxygen atoms in total. The van der Waals surface area contributed by atoms with E-state index in [2.05, 4.69) is 0 Å². The summed E-state index contributed by atoms with van der Waals surface area (Å²) < 4.78 is 23.4. The van der Waals surface area contributed by atoms with Gasteiger partial charge in [0.05, 0.1) is 22.9 Å². The summed E-state index contributed by atoms with van der Waals surface area (Å²) in [6, 6.07) is 6.01. The minimum atomic E-state index is -3.56. The van der Waals surface area contributed by atoms with Crippen LogP contribution in [0, 0.1) is 11.3 Å². The van der Waals surface area contributed by atoms with E-state index in [1.807, 2.05) is 6.07 Å². The van der Waals surface area contributed by atoms with Crippen LogP contribution >= 0.6 is 0 Å². The van der Waals surface area contributed by atoms with Gasteiger partial charge in [-0.1, -0.05) is 0 Å². The molecule has 0 saturated heterocycles. The molecule has 1 heterocycles. The maximum Gasteiger partial charge on any atom is 0.307 e. The lowest BCUT2D eigenvalue weighted by molar-refractivity contribution is -0.135. The van der Waals surface area contributed by atoms with Gasteiger partial charge in [0.2, 0.25) is 9.84 Å². The van der Waals surface area contributed by atoms with E-state index in [1.165, 1.54) is 18.2 Å². The molecule has 2 rings (SSSR count). The molecule has 6 heteroatoms. The Morgan fingerprint density at radius 3 is 2.71 bits per heavy atom. The van der Waals surface area contributed by atoms with Crippen molar-refractivity contribution in [2.45, 2.75) is 11.3 Å². The Balaban J connectivity index is 2.63. The number of carboxylic acids is 1. The molecule has 0 unspecified atom stereocenters. The van der Waals surface area contributed by atoms with Gasteiger partial charge < -0.3 is 5.11 Å². The van der Waals surface area contributed by atoms with Crippen LogP contribution in [-0.2, 0) is 14.6 Å². The standard InChI is InChI=1S/C11H7NO4S/c12-5-7-1-2-10-9(3-7)8(4-11(13)14)6-17(10,15)16/h1-3,6H,4H2,(H,13,14). The lowest BCUT2D eigenvalue weighted by Crippen LogP contribution is -1.96. The molecule has 0 bridgehead atoms. The molecule has 0 spiro atoms. The van der Waals surface area contributed by atoms with Crippen LogP contribution in [0.3, 0.4) is 0 Å². The highest BCUT2D eigenvalue weighted by molar-refractivity contribution is 7.95. The van der Waals surface area contributed by atoms with Gasteiger partial charge in [0.25, 0.3) is 0 Å². The Hall–Kier alpha value is -2.13. The Labute approximate surface area is 97.5 Å². The minimum absolute atomic E-state index is 0.0627. The summed E-state index contributed by atoms with van der Waals surface area (Å²) in [5.74, 6) is -1.11. The molecule has 0 radical (unpaired) electrons.